The van der Waals surface area contributed by atoms with Crippen molar-refractivity contribution < 1.29 is 0 Å². The number of benzene rings is 3. The van der Waals surface area contributed by atoms with E-state index in [9.17, 15) is 0 Å². The van der Waals surface area contributed by atoms with E-state index in [2.05, 4.69) is 53.4 Å². The fourth-order valence-corrected chi connectivity index (χ4v) is 4.42. The highest BCUT2D eigenvalue weighted by Crippen LogP contribution is 2.36. The van der Waals surface area contributed by atoms with E-state index in [1.807, 2.05) is 18.2 Å². The van der Waals surface area contributed by atoms with Gasteiger partial charge in [0.15, 0.2) is 0 Å². The number of rotatable bonds is 2. The lowest BCUT2D eigenvalue weighted by Crippen LogP contribution is -2.33. The molecule has 0 aliphatic carbocycles. The molecule has 1 saturated heterocycles. The second-order valence-electron chi connectivity index (χ2n) is 7.69. The Kier molecular flexibility index (Phi) is 4.05. The zero-order valence-corrected chi connectivity index (χ0v) is 15.8. The molecule has 4 aromatic rings. The third kappa shape index (κ3) is 2.91. The van der Waals surface area contributed by atoms with Gasteiger partial charge in [-0.2, -0.15) is 0 Å². The Balaban J connectivity index is 1.55. The average molecular weight is 368 g/mol. The highest BCUT2D eigenvalue weighted by atomic mass is 15.2. The summed E-state index contributed by atoms with van der Waals surface area (Å²) in [6, 6.07) is 22.9. The minimum absolute atomic E-state index is 0.616. The van der Waals surface area contributed by atoms with Gasteiger partial charge in [-0.1, -0.05) is 42.5 Å². The molecule has 5 rings (SSSR count). The largest absolute Gasteiger partial charge is 0.399 e. The number of nitrogens with two attached hydrogens (primary N) is 2. The molecule has 0 amide bonds. The Morgan fingerprint density at radius 3 is 2.18 bits per heavy atom. The lowest BCUT2D eigenvalue weighted by Gasteiger charge is -2.34. The minimum Gasteiger partial charge on any atom is -0.399 e. The molecule has 28 heavy (non-hydrogen) atoms. The van der Waals surface area contributed by atoms with Gasteiger partial charge in [-0.15, -0.1) is 0 Å². The van der Waals surface area contributed by atoms with Gasteiger partial charge in [0.2, 0.25) is 0 Å². The maximum absolute atomic E-state index is 6.12. The Bertz CT molecular complexity index is 1150. The first kappa shape index (κ1) is 16.9. The van der Waals surface area contributed by atoms with Gasteiger partial charge in [-0.05, 0) is 54.0 Å². The lowest BCUT2D eigenvalue weighted by atomic mass is 9.89. The molecule has 0 radical (unpaired) electrons. The first-order valence-corrected chi connectivity index (χ1v) is 9.87. The third-order valence-corrected chi connectivity index (χ3v) is 5.89. The van der Waals surface area contributed by atoms with Crippen molar-refractivity contribution in [2.45, 2.75) is 18.8 Å². The normalized spacial score (nSPS) is 15.4. The van der Waals surface area contributed by atoms with Crippen LogP contribution in [0.3, 0.4) is 0 Å². The van der Waals surface area contributed by atoms with Crippen LogP contribution in [0.15, 0.2) is 66.7 Å². The molecule has 1 aromatic heterocycles. The Hall–Kier alpha value is -3.27. The summed E-state index contributed by atoms with van der Waals surface area (Å²) in [4.78, 5) is 7.42. The SMILES string of the molecule is Nc1ccc2c(c1)nc(N1CCC(c3ccccc3)CC1)c1cc(N)ccc12. The van der Waals surface area contributed by atoms with E-state index in [1.54, 1.807) is 0 Å². The van der Waals surface area contributed by atoms with E-state index in [0.717, 1.165) is 59.4 Å². The fourth-order valence-electron chi connectivity index (χ4n) is 4.42. The summed E-state index contributed by atoms with van der Waals surface area (Å²) >= 11 is 0. The van der Waals surface area contributed by atoms with E-state index in [0.29, 0.717) is 5.92 Å². The molecule has 4 heteroatoms. The number of nitrogen functional groups attached to an aromatic ring is 2. The summed E-state index contributed by atoms with van der Waals surface area (Å²) in [5.74, 6) is 1.64. The summed E-state index contributed by atoms with van der Waals surface area (Å²) in [6.07, 6.45) is 2.26. The standard InChI is InChI=1S/C24H24N4/c25-18-6-8-20-21-9-7-19(26)15-23(21)27-24(22(20)14-18)28-12-10-17(11-13-28)16-4-2-1-3-5-16/h1-9,14-15,17H,10-13,25-26H2. The first-order valence-electron chi connectivity index (χ1n) is 9.87. The molecule has 0 spiro atoms. The van der Waals surface area contributed by atoms with Gasteiger partial charge in [-0.25, -0.2) is 4.98 Å². The number of hydrogen-bond acceptors (Lipinski definition) is 4. The van der Waals surface area contributed by atoms with E-state index in [4.69, 9.17) is 16.5 Å². The molecule has 1 aliphatic rings. The molecule has 0 saturated carbocycles. The highest BCUT2D eigenvalue weighted by molar-refractivity contribution is 6.11. The van der Waals surface area contributed by atoms with Crippen molar-refractivity contribution in [2.75, 3.05) is 29.5 Å². The van der Waals surface area contributed by atoms with Crippen LogP contribution >= 0.6 is 0 Å². The number of pyridine rings is 1. The van der Waals surface area contributed by atoms with E-state index in [1.165, 1.54) is 10.9 Å². The summed E-state index contributed by atoms with van der Waals surface area (Å²) in [7, 11) is 0. The van der Waals surface area contributed by atoms with Crippen molar-refractivity contribution in [1.29, 1.82) is 0 Å². The average Bonchev–Trinajstić information content (AvgIpc) is 2.73. The molecular formula is C24H24N4. The van der Waals surface area contributed by atoms with Crippen molar-refractivity contribution in [3.05, 3.63) is 72.3 Å². The predicted octanol–water partition coefficient (Wildman–Crippen LogP) is 4.94. The van der Waals surface area contributed by atoms with Gasteiger partial charge in [-0.3, -0.25) is 0 Å². The number of anilines is 3. The van der Waals surface area contributed by atoms with Crippen LogP contribution in [0.1, 0.15) is 24.3 Å². The van der Waals surface area contributed by atoms with Crippen LogP contribution in [0.4, 0.5) is 17.2 Å². The Labute approximate surface area is 164 Å². The van der Waals surface area contributed by atoms with Crippen LogP contribution in [0, 0.1) is 0 Å². The second-order valence-corrected chi connectivity index (χ2v) is 7.69. The molecule has 3 aromatic carbocycles. The van der Waals surface area contributed by atoms with Gasteiger partial charge in [0.25, 0.3) is 0 Å². The summed E-state index contributed by atoms with van der Waals surface area (Å²) < 4.78 is 0. The monoisotopic (exact) mass is 368 g/mol. The molecule has 1 fully saturated rings. The van der Waals surface area contributed by atoms with Gasteiger partial charge in [0, 0.05) is 35.2 Å². The number of hydrogen-bond donors (Lipinski definition) is 2. The zero-order valence-electron chi connectivity index (χ0n) is 15.8. The van der Waals surface area contributed by atoms with Crippen molar-refractivity contribution in [3.8, 4) is 0 Å². The van der Waals surface area contributed by atoms with Crippen molar-refractivity contribution in [2.24, 2.45) is 0 Å². The second kappa shape index (κ2) is 6.71. The quantitative estimate of drug-likeness (QED) is 0.389. The van der Waals surface area contributed by atoms with Crippen LogP contribution in [0.25, 0.3) is 21.7 Å². The Morgan fingerprint density at radius 1 is 0.750 bits per heavy atom. The number of nitrogens with zero attached hydrogens (tertiary/aromatic N) is 2. The number of aromatic nitrogens is 1. The van der Waals surface area contributed by atoms with E-state index in [-0.39, 0.29) is 0 Å². The molecule has 1 aliphatic heterocycles. The molecule has 140 valence electrons. The number of piperidine rings is 1. The predicted molar refractivity (Wildman–Crippen MR) is 119 cm³/mol. The van der Waals surface area contributed by atoms with Gasteiger partial charge in [0.05, 0.1) is 5.52 Å². The van der Waals surface area contributed by atoms with Crippen molar-refractivity contribution in [1.82, 2.24) is 4.98 Å². The molecule has 0 atom stereocenters. The van der Waals surface area contributed by atoms with Crippen LogP contribution in [-0.2, 0) is 0 Å². The Morgan fingerprint density at radius 2 is 1.43 bits per heavy atom. The van der Waals surface area contributed by atoms with Gasteiger partial charge >= 0.3 is 0 Å². The zero-order chi connectivity index (χ0) is 19.1. The molecule has 0 unspecified atom stereocenters. The molecule has 2 heterocycles. The van der Waals surface area contributed by atoms with E-state index >= 15 is 0 Å². The third-order valence-electron chi connectivity index (χ3n) is 5.89. The van der Waals surface area contributed by atoms with Crippen molar-refractivity contribution in [3.63, 3.8) is 0 Å². The minimum atomic E-state index is 0.616. The van der Waals surface area contributed by atoms with Crippen LogP contribution < -0.4 is 16.4 Å². The smallest absolute Gasteiger partial charge is 0.137 e. The number of fused-ring (bicyclic) bond motifs is 3. The van der Waals surface area contributed by atoms with Gasteiger partial charge < -0.3 is 16.4 Å². The van der Waals surface area contributed by atoms with Crippen LogP contribution in [-0.4, -0.2) is 18.1 Å². The van der Waals surface area contributed by atoms with Crippen LogP contribution in [0.5, 0.6) is 0 Å². The maximum Gasteiger partial charge on any atom is 0.137 e. The molecule has 4 nitrogen and oxygen atoms in total. The van der Waals surface area contributed by atoms with Crippen LogP contribution in [0.2, 0.25) is 0 Å². The molecule has 4 N–H and O–H groups in total. The molecule has 0 bridgehead atoms. The summed E-state index contributed by atoms with van der Waals surface area (Å²) in [5, 5.41) is 3.42. The maximum atomic E-state index is 6.12. The fraction of sp³-hybridized carbons (Fsp3) is 0.208. The summed E-state index contributed by atoms with van der Waals surface area (Å²) in [5.41, 5.74) is 16.0. The van der Waals surface area contributed by atoms with Gasteiger partial charge in [0.1, 0.15) is 5.82 Å². The highest BCUT2D eigenvalue weighted by Gasteiger charge is 2.23. The summed E-state index contributed by atoms with van der Waals surface area (Å²) in [6.45, 7) is 1.98. The topological polar surface area (TPSA) is 68.2 Å². The molecular weight excluding hydrogens is 344 g/mol. The first-order chi connectivity index (χ1) is 13.7. The van der Waals surface area contributed by atoms with Crippen molar-refractivity contribution >= 4 is 38.9 Å². The lowest BCUT2D eigenvalue weighted by molar-refractivity contribution is 0.504. The van der Waals surface area contributed by atoms with E-state index < -0.39 is 0 Å².